The summed E-state index contributed by atoms with van der Waals surface area (Å²) in [6, 6.07) is 3.03. The molecule has 1 amide bonds. The number of amides is 1. The number of hydrogen-bond acceptors (Lipinski definition) is 5. The average Bonchev–Trinajstić information content (AvgIpc) is 2.51. The largest absolute Gasteiger partial charge is 0.375 e. The van der Waals surface area contributed by atoms with Crippen LogP contribution in [0.1, 0.15) is 47.0 Å². The van der Waals surface area contributed by atoms with E-state index in [1.165, 1.54) is 12.3 Å². The molecule has 3 saturated carbocycles. The third-order valence-electron chi connectivity index (χ3n) is 5.11. The number of carbonyl (C=O) groups is 3. The Morgan fingerprint density at radius 3 is 2.50 bits per heavy atom. The molecule has 26 heavy (non-hydrogen) atoms. The molecule has 0 radical (unpaired) electrons. The van der Waals surface area contributed by atoms with E-state index in [1.54, 1.807) is 6.07 Å². The van der Waals surface area contributed by atoms with Crippen molar-refractivity contribution in [2.24, 2.45) is 0 Å². The molecule has 4 aliphatic carbocycles. The smallest absolute Gasteiger partial charge is 0.321 e. The van der Waals surface area contributed by atoms with Crippen LogP contribution in [-0.2, 0) is 4.79 Å². The summed E-state index contributed by atoms with van der Waals surface area (Å²) in [5.74, 6) is -5.72. The van der Waals surface area contributed by atoms with Crippen LogP contribution in [0.15, 0.2) is 29.1 Å². The minimum absolute atomic E-state index is 0.0247. The first-order valence-electron chi connectivity index (χ1n) is 7.99. The third-order valence-corrected chi connectivity index (χ3v) is 5.47. The second-order valence-corrected chi connectivity index (χ2v) is 7.68. The van der Waals surface area contributed by atoms with E-state index in [0.29, 0.717) is 26.2 Å². The second-order valence-electron chi connectivity index (χ2n) is 7.31. The van der Waals surface area contributed by atoms with Crippen LogP contribution >= 0.6 is 11.6 Å². The van der Waals surface area contributed by atoms with Crippen LogP contribution in [0.5, 0.6) is 0 Å². The Hall–Kier alpha value is -2.35. The topological polar surface area (TPSA) is 88.2 Å². The average molecular weight is 382 g/mol. The fourth-order valence-corrected chi connectivity index (χ4v) is 4.23. The number of rotatable bonds is 4. The number of pyridine rings is 1. The van der Waals surface area contributed by atoms with Gasteiger partial charge in [-0.3, -0.25) is 19.4 Å². The highest BCUT2D eigenvalue weighted by Gasteiger charge is 2.70. The van der Waals surface area contributed by atoms with Gasteiger partial charge in [-0.15, -0.1) is 0 Å². The molecule has 1 aromatic rings. The fourth-order valence-electron chi connectivity index (χ4n) is 4.00. The molecule has 1 heterocycles. The number of halogens is 3. The maximum absolute atomic E-state index is 13.0. The summed E-state index contributed by atoms with van der Waals surface area (Å²) in [5.41, 5.74) is -1.06. The van der Waals surface area contributed by atoms with Gasteiger partial charge in [0.25, 0.3) is 5.91 Å². The lowest BCUT2D eigenvalue weighted by atomic mass is 9.44. The summed E-state index contributed by atoms with van der Waals surface area (Å²) in [7, 11) is 0. The molecule has 9 heteroatoms. The zero-order valence-corrected chi connectivity index (χ0v) is 14.4. The molecule has 0 saturated heterocycles. The molecule has 2 N–H and O–H groups in total. The predicted octanol–water partition coefficient (Wildman–Crippen LogP) is 1.95. The Kier molecular flexibility index (Phi) is 3.35. The third kappa shape index (κ3) is 2.35. The molecule has 4 aliphatic rings. The zero-order chi connectivity index (χ0) is 18.9. The number of nitrogens with one attached hydrogen (secondary N) is 2. The van der Waals surface area contributed by atoms with E-state index in [-0.39, 0.29) is 22.0 Å². The number of allylic oxidation sites excluding steroid dienone is 2. The molecule has 5 rings (SSSR count). The van der Waals surface area contributed by atoms with Crippen LogP contribution in [0.2, 0.25) is 0 Å². The van der Waals surface area contributed by atoms with E-state index in [4.69, 9.17) is 11.6 Å². The number of alkyl halides is 2. The number of aromatic nitrogens is 1. The van der Waals surface area contributed by atoms with E-state index in [1.807, 2.05) is 0 Å². The summed E-state index contributed by atoms with van der Waals surface area (Å²) < 4.78 is 26.1. The molecular formula is C17H14ClF2N3O3. The quantitative estimate of drug-likeness (QED) is 0.832. The van der Waals surface area contributed by atoms with Crippen LogP contribution < -0.4 is 10.6 Å². The van der Waals surface area contributed by atoms with Crippen molar-refractivity contribution < 1.29 is 23.2 Å². The van der Waals surface area contributed by atoms with Gasteiger partial charge in [0, 0.05) is 24.2 Å². The molecule has 0 aliphatic heterocycles. The molecule has 2 bridgehead atoms. The Labute approximate surface area is 152 Å². The molecule has 1 aromatic heterocycles. The van der Waals surface area contributed by atoms with Gasteiger partial charge in [0.15, 0.2) is 0 Å². The molecule has 3 fully saturated rings. The molecule has 0 spiro atoms. The predicted molar refractivity (Wildman–Crippen MR) is 87.0 cm³/mol. The molecule has 0 unspecified atom stereocenters. The van der Waals surface area contributed by atoms with E-state index >= 15 is 0 Å². The lowest BCUT2D eigenvalue weighted by molar-refractivity contribution is -0.159. The molecular weight excluding hydrogens is 368 g/mol. The zero-order valence-electron chi connectivity index (χ0n) is 13.7. The van der Waals surface area contributed by atoms with Crippen LogP contribution in [0.4, 0.5) is 8.78 Å². The highest BCUT2D eigenvalue weighted by Crippen LogP contribution is 2.61. The highest BCUT2D eigenvalue weighted by atomic mass is 35.5. The Balaban J connectivity index is 1.49. The van der Waals surface area contributed by atoms with Crippen molar-refractivity contribution in [3.05, 3.63) is 40.3 Å². The SMILES string of the molecule is CC(F)(F)C(=O)NC12CC(NC3=C(Cl)C(=O)c4cccnc4C3=O)(C1)C2. The second kappa shape index (κ2) is 5.09. The number of carbonyl (C=O) groups excluding carboxylic acids is 3. The van der Waals surface area contributed by atoms with E-state index in [9.17, 15) is 23.2 Å². The Morgan fingerprint density at radius 2 is 1.88 bits per heavy atom. The number of nitrogens with zero attached hydrogens (tertiary/aromatic N) is 1. The van der Waals surface area contributed by atoms with Gasteiger partial charge in [-0.1, -0.05) is 11.6 Å². The summed E-state index contributed by atoms with van der Waals surface area (Å²) >= 11 is 6.09. The van der Waals surface area contributed by atoms with Crippen molar-refractivity contribution in [1.29, 1.82) is 0 Å². The van der Waals surface area contributed by atoms with Crippen molar-refractivity contribution in [1.82, 2.24) is 15.6 Å². The normalized spacial score (nSPS) is 29.5. The van der Waals surface area contributed by atoms with Gasteiger partial charge in [0.2, 0.25) is 11.6 Å². The van der Waals surface area contributed by atoms with Crippen molar-refractivity contribution in [2.45, 2.75) is 43.2 Å². The van der Waals surface area contributed by atoms with Gasteiger partial charge in [-0.2, -0.15) is 8.78 Å². The highest BCUT2D eigenvalue weighted by molar-refractivity contribution is 6.49. The molecule has 0 atom stereocenters. The summed E-state index contributed by atoms with van der Waals surface area (Å²) in [6.07, 6.45) is 2.56. The van der Waals surface area contributed by atoms with Crippen molar-refractivity contribution in [2.75, 3.05) is 0 Å². The van der Waals surface area contributed by atoms with E-state index < -0.39 is 34.5 Å². The number of Topliss-reactive ketones (excluding diaryl/α,β-unsaturated/α-hetero) is 2. The number of ketones is 2. The van der Waals surface area contributed by atoms with Gasteiger partial charge >= 0.3 is 5.92 Å². The van der Waals surface area contributed by atoms with Crippen LogP contribution in [0.3, 0.4) is 0 Å². The fraction of sp³-hybridized carbons (Fsp3) is 0.412. The number of hydrogen-bond donors (Lipinski definition) is 2. The lowest BCUT2D eigenvalue weighted by Gasteiger charge is -2.70. The summed E-state index contributed by atoms with van der Waals surface area (Å²) in [4.78, 5) is 40.4. The number of fused-ring (bicyclic) bond motifs is 1. The van der Waals surface area contributed by atoms with Gasteiger partial charge in [-0.25, -0.2) is 0 Å². The summed E-state index contributed by atoms with van der Waals surface area (Å²) in [5, 5.41) is 5.16. The van der Waals surface area contributed by atoms with Crippen LogP contribution in [0, 0.1) is 0 Å². The van der Waals surface area contributed by atoms with Crippen molar-refractivity contribution in [3.8, 4) is 0 Å². The first-order valence-corrected chi connectivity index (χ1v) is 8.37. The minimum atomic E-state index is -3.44. The first kappa shape index (κ1) is 17.1. The van der Waals surface area contributed by atoms with Gasteiger partial charge in [0.1, 0.15) is 16.4 Å². The van der Waals surface area contributed by atoms with Crippen molar-refractivity contribution in [3.63, 3.8) is 0 Å². The van der Waals surface area contributed by atoms with Gasteiger partial charge in [-0.05, 0) is 31.4 Å². The monoisotopic (exact) mass is 381 g/mol. The standard InChI is InChI=1S/C17H14ClF2N3O3/c1-15(19,20)14(26)23-17-5-16(6-17,7-17)22-11-9(18)12(24)8-3-2-4-21-10(8)13(11)25/h2-4,22H,5-7H2,1H3,(H,23,26). The van der Waals surface area contributed by atoms with Gasteiger partial charge < -0.3 is 10.6 Å². The van der Waals surface area contributed by atoms with E-state index in [0.717, 1.165) is 0 Å². The molecule has 6 nitrogen and oxygen atoms in total. The van der Waals surface area contributed by atoms with Crippen LogP contribution in [-0.4, -0.2) is 39.5 Å². The maximum Gasteiger partial charge on any atom is 0.321 e. The molecule has 136 valence electrons. The minimum Gasteiger partial charge on any atom is -0.375 e. The van der Waals surface area contributed by atoms with Gasteiger partial charge in [0.05, 0.1) is 5.56 Å². The Bertz CT molecular complexity index is 887. The molecule has 0 aromatic carbocycles. The summed E-state index contributed by atoms with van der Waals surface area (Å²) in [6.45, 7) is 0.545. The maximum atomic E-state index is 13.0. The van der Waals surface area contributed by atoms with E-state index in [2.05, 4.69) is 15.6 Å². The van der Waals surface area contributed by atoms with Crippen LogP contribution in [0.25, 0.3) is 0 Å². The first-order chi connectivity index (χ1) is 12.1. The lowest BCUT2D eigenvalue weighted by Crippen LogP contribution is -2.83. The Morgan fingerprint density at radius 1 is 1.23 bits per heavy atom. The van der Waals surface area contributed by atoms with Crippen molar-refractivity contribution >= 4 is 29.1 Å².